The molecule has 0 aromatic carbocycles. The number of carbonyl (C=O) groups excluding carboxylic acids is 1. The van der Waals surface area contributed by atoms with E-state index in [1.165, 1.54) is 6.26 Å². The van der Waals surface area contributed by atoms with Crippen LogP contribution in [0.25, 0.3) is 0 Å². The van der Waals surface area contributed by atoms with Gasteiger partial charge in [0.2, 0.25) is 0 Å². The molecule has 1 amide bonds. The van der Waals surface area contributed by atoms with Gasteiger partial charge >= 0.3 is 0 Å². The van der Waals surface area contributed by atoms with Crippen LogP contribution in [0, 0.1) is 0 Å². The fourth-order valence-electron chi connectivity index (χ4n) is 0.728. The molecule has 3 nitrogen and oxygen atoms in total. The molecule has 1 heterocycles. The van der Waals surface area contributed by atoms with Crippen LogP contribution >= 0.6 is 15.9 Å². The molecular weight excluding hydrogens is 222 g/mol. The average Bonchev–Trinajstić information content (AvgIpc) is 2.51. The standard InChI is InChI=1S/C8H10BrNO2/c1-6(9)5-10-8(11)7-3-2-4-12-7/h2-4,6H,5H2,1H3,(H,10,11). The van der Waals surface area contributed by atoms with Gasteiger partial charge in [0.1, 0.15) is 0 Å². The van der Waals surface area contributed by atoms with Crippen molar-refractivity contribution < 1.29 is 9.21 Å². The van der Waals surface area contributed by atoms with Gasteiger partial charge in [0.05, 0.1) is 6.26 Å². The molecule has 1 unspecified atom stereocenters. The van der Waals surface area contributed by atoms with Crippen LogP contribution in [0.15, 0.2) is 22.8 Å². The molecule has 1 atom stereocenters. The molecular formula is C8H10BrNO2. The Morgan fingerprint density at radius 1 is 1.83 bits per heavy atom. The molecule has 0 aliphatic heterocycles. The molecule has 0 aliphatic carbocycles. The van der Waals surface area contributed by atoms with Gasteiger partial charge in [-0.05, 0) is 12.1 Å². The Bertz CT molecular complexity index is 244. The predicted molar refractivity (Wildman–Crippen MR) is 49.4 cm³/mol. The van der Waals surface area contributed by atoms with E-state index in [0.29, 0.717) is 12.3 Å². The highest BCUT2D eigenvalue weighted by molar-refractivity contribution is 9.09. The van der Waals surface area contributed by atoms with Crippen LogP contribution in [-0.4, -0.2) is 17.3 Å². The number of furan rings is 1. The van der Waals surface area contributed by atoms with Crippen LogP contribution in [0.2, 0.25) is 0 Å². The number of carbonyl (C=O) groups is 1. The van der Waals surface area contributed by atoms with Crippen LogP contribution in [0.3, 0.4) is 0 Å². The zero-order chi connectivity index (χ0) is 8.97. The van der Waals surface area contributed by atoms with Gasteiger partial charge in [0.25, 0.3) is 5.91 Å². The van der Waals surface area contributed by atoms with Crippen molar-refractivity contribution in [2.24, 2.45) is 0 Å². The van der Waals surface area contributed by atoms with Crippen molar-refractivity contribution in [3.8, 4) is 0 Å². The Balaban J connectivity index is 2.40. The molecule has 0 bridgehead atoms. The third-order valence-electron chi connectivity index (χ3n) is 1.29. The molecule has 0 radical (unpaired) electrons. The van der Waals surface area contributed by atoms with Crippen molar-refractivity contribution in [3.05, 3.63) is 24.2 Å². The van der Waals surface area contributed by atoms with Gasteiger partial charge in [-0.15, -0.1) is 0 Å². The lowest BCUT2D eigenvalue weighted by atomic mass is 10.4. The third kappa shape index (κ3) is 2.70. The topological polar surface area (TPSA) is 42.2 Å². The van der Waals surface area contributed by atoms with E-state index >= 15 is 0 Å². The number of amides is 1. The summed E-state index contributed by atoms with van der Waals surface area (Å²) in [6, 6.07) is 3.32. The molecule has 4 heteroatoms. The second-order valence-corrected chi connectivity index (χ2v) is 4.03. The lowest BCUT2D eigenvalue weighted by Gasteiger charge is -2.03. The maximum Gasteiger partial charge on any atom is 0.287 e. The maximum atomic E-state index is 11.2. The first-order valence-electron chi connectivity index (χ1n) is 3.66. The molecule has 66 valence electrons. The summed E-state index contributed by atoms with van der Waals surface area (Å²) in [6.07, 6.45) is 1.48. The van der Waals surface area contributed by atoms with Crippen molar-refractivity contribution in [3.63, 3.8) is 0 Å². The molecule has 0 fully saturated rings. The number of hydrogen-bond donors (Lipinski definition) is 1. The van der Waals surface area contributed by atoms with E-state index in [2.05, 4.69) is 21.2 Å². The average molecular weight is 232 g/mol. The zero-order valence-electron chi connectivity index (χ0n) is 6.71. The minimum Gasteiger partial charge on any atom is -0.459 e. The molecule has 1 aromatic rings. The lowest BCUT2D eigenvalue weighted by Crippen LogP contribution is -2.27. The van der Waals surface area contributed by atoms with Gasteiger partial charge in [-0.3, -0.25) is 4.79 Å². The Labute approximate surface area is 79.3 Å². The molecule has 0 saturated heterocycles. The van der Waals surface area contributed by atoms with Crippen molar-refractivity contribution >= 4 is 21.8 Å². The first-order valence-corrected chi connectivity index (χ1v) is 4.57. The first-order chi connectivity index (χ1) is 5.70. The van der Waals surface area contributed by atoms with Crippen LogP contribution in [-0.2, 0) is 0 Å². The highest BCUT2D eigenvalue weighted by atomic mass is 79.9. The van der Waals surface area contributed by atoms with Crippen molar-refractivity contribution in [2.45, 2.75) is 11.8 Å². The minimum absolute atomic E-state index is 0.175. The van der Waals surface area contributed by atoms with Crippen LogP contribution in [0.5, 0.6) is 0 Å². The lowest BCUT2D eigenvalue weighted by molar-refractivity contribution is 0.0926. The van der Waals surface area contributed by atoms with E-state index in [4.69, 9.17) is 4.42 Å². The summed E-state index contributed by atoms with van der Waals surface area (Å²) < 4.78 is 4.90. The molecule has 1 rings (SSSR count). The monoisotopic (exact) mass is 231 g/mol. The van der Waals surface area contributed by atoms with Gasteiger partial charge in [0, 0.05) is 11.4 Å². The largest absolute Gasteiger partial charge is 0.459 e. The molecule has 0 spiro atoms. The Hall–Kier alpha value is -0.770. The summed E-state index contributed by atoms with van der Waals surface area (Å²) in [5.74, 6) is 0.175. The fourth-order valence-corrected chi connectivity index (χ4v) is 0.890. The Morgan fingerprint density at radius 3 is 3.08 bits per heavy atom. The van der Waals surface area contributed by atoms with E-state index in [-0.39, 0.29) is 10.7 Å². The quantitative estimate of drug-likeness (QED) is 0.807. The third-order valence-corrected chi connectivity index (χ3v) is 1.61. The number of hydrogen-bond acceptors (Lipinski definition) is 2. The number of alkyl halides is 1. The molecule has 0 saturated carbocycles. The summed E-state index contributed by atoms with van der Waals surface area (Å²) >= 11 is 3.32. The Morgan fingerprint density at radius 2 is 2.58 bits per heavy atom. The van der Waals surface area contributed by atoms with Crippen molar-refractivity contribution in [1.82, 2.24) is 5.32 Å². The second-order valence-electron chi connectivity index (χ2n) is 2.47. The highest BCUT2D eigenvalue weighted by Crippen LogP contribution is 2.00. The number of rotatable bonds is 3. The zero-order valence-corrected chi connectivity index (χ0v) is 8.30. The molecule has 0 aliphatic rings. The highest BCUT2D eigenvalue weighted by Gasteiger charge is 2.07. The minimum atomic E-state index is -0.175. The van der Waals surface area contributed by atoms with Crippen LogP contribution in [0.1, 0.15) is 17.5 Å². The smallest absolute Gasteiger partial charge is 0.287 e. The summed E-state index contributed by atoms with van der Waals surface area (Å²) in [5.41, 5.74) is 0. The number of halogens is 1. The second kappa shape index (κ2) is 4.30. The van der Waals surface area contributed by atoms with Crippen LogP contribution < -0.4 is 5.32 Å². The number of nitrogens with one attached hydrogen (secondary N) is 1. The van der Waals surface area contributed by atoms with Gasteiger partial charge in [-0.1, -0.05) is 22.9 Å². The van der Waals surface area contributed by atoms with Crippen molar-refractivity contribution in [1.29, 1.82) is 0 Å². The predicted octanol–water partition coefficient (Wildman–Crippen LogP) is 1.79. The van der Waals surface area contributed by atoms with E-state index < -0.39 is 0 Å². The SMILES string of the molecule is CC(Br)CNC(=O)c1ccco1. The summed E-state index contributed by atoms with van der Waals surface area (Å²) in [7, 11) is 0. The normalized spacial score (nSPS) is 12.5. The molecule has 1 aromatic heterocycles. The summed E-state index contributed by atoms with van der Waals surface area (Å²) in [4.78, 5) is 11.5. The molecule has 1 N–H and O–H groups in total. The first kappa shape index (κ1) is 9.32. The summed E-state index contributed by atoms with van der Waals surface area (Å²) in [6.45, 7) is 2.56. The van der Waals surface area contributed by atoms with Crippen molar-refractivity contribution in [2.75, 3.05) is 6.54 Å². The van der Waals surface area contributed by atoms with Gasteiger partial charge in [0.15, 0.2) is 5.76 Å². The van der Waals surface area contributed by atoms with Gasteiger partial charge < -0.3 is 9.73 Å². The summed E-state index contributed by atoms with van der Waals surface area (Å²) in [5, 5.41) is 2.70. The maximum absolute atomic E-state index is 11.2. The van der Waals surface area contributed by atoms with Crippen LogP contribution in [0.4, 0.5) is 0 Å². The van der Waals surface area contributed by atoms with E-state index in [0.717, 1.165) is 0 Å². The Kier molecular flexibility index (Phi) is 3.34. The fraction of sp³-hybridized carbons (Fsp3) is 0.375. The van der Waals surface area contributed by atoms with E-state index in [9.17, 15) is 4.79 Å². The molecule has 12 heavy (non-hydrogen) atoms. The van der Waals surface area contributed by atoms with Gasteiger partial charge in [-0.2, -0.15) is 0 Å². The van der Waals surface area contributed by atoms with Gasteiger partial charge in [-0.25, -0.2) is 0 Å². The van der Waals surface area contributed by atoms with E-state index in [1.54, 1.807) is 12.1 Å². The van der Waals surface area contributed by atoms with E-state index in [1.807, 2.05) is 6.92 Å².